The number of aliphatic imine (C=N–C) groups is 1. The van der Waals surface area contributed by atoms with E-state index in [4.69, 9.17) is 0 Å². The SMILES string of the molecule is O=C1c2ccccc2C(=O)c2c(N=Cc3ccccc3O)cccc21. The number of fused-ring (bicyclic) bond motifs is 2. The van der Waals surface area contributed by atoms with Crippen molar-refractivity contribution in [2.45, 2.75) is 0 Å². The van der Waals surface area contributed by atoms with Crippen molar-refractivity contribution in [3.63, 3.8) is 0 Å². The number of phenols is 1. The Labute approximate surface area is 144 Å². The lowest BCUT2D eigenvalue weighted by Crippen LogP contribution is -2.20. The maximum Gasteiger partial charge on any atom is 0.196 e. The number of para-hydroxylation sites is 1. The second-order valence-corrected chi connectivity index (χ2v) is 5.72. The third kappa shape index (κ3) is 2.44. The van der Waals surface area contributed by atoms with E-state index < -0.39 is 0 Å². The lowest BCUT2D eigenvalue weighted by molar-refractivity contribution is 0.0979. The molecule has 3 aromatic rings. The van der Waals surface area contributed by atoms with Gasteiger partial charge in [-0.05, 0) is 18.2 Å². The number of hydrogen-bond acceptors (Lipinski definition) is 4. The molecule has 0 atom stereocenters. The summed E-state index contributed by atoms with van der Waals surface area (Å²) >= 11 is 0. The number of benzene rings is 3. The van der Waals surface area contributed by atoms with Gasteiger partial charge in [0.25, 0.3) is 0 Å². The molecular weight excluding hydrogens is 314 g/mol. The van der Waals surface area contributed by atoms with Crippen molar-refractivity contribution >= 4 is 23.5 Å². The van der Waals surface area contributed by atoms with Gasteiger partial charge in [0.2, 0.25) is 0 Å². The second kappa shape index (κ2) is 5.83. The van der Waals surface area contributed by atoms with Gasteiger partial charge in [-0.15, -0.1) is 0 Å². The van der Waals surface area contributed by atoms with Crippen LogP contribution < -0.4 is 0 Å². The van der Waals surface area contributed by atoms with Gasteiger partial charge >= 0.3 is 0 Å². The molecule has 3 aromatic carbocycles. The topological polar surface area (TPSA) is 66.7 Å². The van der Waals surface area contributed by atoms with Gasteiger partial charge in [-0.1, -0.05) is 48.5 Å². The molecular formula is C21H13NO3. The molecule has 4 nitrogen and oxygen atoms in total. The number of carbonyl (C=O) groups excluding carboxylic acids is 2. The quantitative estimate of drug-likeness (QED) is 0.568. The van der Waals surface area contributed by atoms with Crippen LogP contribution in [0.15, 0.2) is 71.7 Å². The fourth-order valence-corrected chi connectivity index (χ4v) is 2.97. The normalized spacial score (nSPS) is 13.0. The molecule has 0 saturated carbocycles. The molecule has 0 heterocycles. The van der Waals surface area contributed by atoms with Crippen LogP contribution in [0.2, 0.25) is 0 Å². The molecule has 1 N–H and O–H groups in total. The maximum atomic E-state index is 12.9. The molecule has 0 unspecified atom stereocenters. The zero-order valence-electron chi connectivity index (χ0n) is 13.1. The van der Waals surface area contributed by atoms with E-state index in [0.717, 1.165) is 0 Å². The predicted octanol–water partition coefficient (Wildman–Crippen LogP) is 3.92. The lowest BCUT2D eigenvalue weighted by Gasteiger charge is -2.18. The predicted molar refractivity (Wildman–Crippen MR) is 95.1 cm³/mol. The number of phenolic OH excluding ortho intramolecular Hbond substituents is 1. The molecule has 1 aliphatic carbocycles. The molecule has 1 aliphatic rings. The first kappa shape index (κ1) is 15.0. The first-order chi connectivity index (χ1) is 12.2. The number of aromatic hydroxyl groups is 1. The molecule has 0 aromatic heterocycles. The van der Waals surface area contributed by atoms with E-state index in [-0.39, 0.29) is 17.3 Å². The van der Waals surface area contributed by atoms with Gasteiger partial charge < -0.3 is 5.11 Å². The summed E-state index contributed by atoms with van der Waals surface area (Å²) in [6.07, 6.45) is 1.49. The summed E-state index contributed by atoms with van der Waals surface area (Å²) < 4.78 is 0. The molecule has 0 saturated heterocycles. The Kier molecular flexibility index (Phi) is 3.51. The zero-order valence-corrected chi connectivity index (χ0v) is 13.1. The van der Waals surface area contributed by atoms with Crippen LogP contribution in [-0.2, 0) is 0 Å². The van der Waals surface area contributed by atoms with Crippen LogP contribution in [-0.4, -0.2) is 22.9 Å². The van der Waals surface area contributed by atoms with Crippen molar-refractivity contribution in [1.29, 1.82) is 0 Å². The molecule has 4 heteroatoms. The van der Waals surface area contributed by atoms with Crippen LogP contribution in [0.5, 0.6) is 5.75 Å². The minimum absolute atomic E-state index is 0.101. The molecule has 0 fully saturated rings. The fraction of sp³-hybridized carbons (Fsp3) is 0. The van der Waals surface area contributed by atoms with E-state index in [1.807, 2.05) is 0 Å². The van der Waals surface area contributed by atoms with Gasteiger partial charge in [0.1, 0.15) is 5.75 Å². The lowest BCUT2D eigenvalue weighted by atomic mass is 9.83. The molecule has 4 rings (SSSR count). The van der Waals surface area contributed by atoms with Gasteiger partial charge in [0.05, 0.1) is 11.3 Å². The molecule has 0 spiro atoms. The molecule has 120 valence electrons. The van der Waals surface area contributed by atoms with Gasteiger partial charge in [0.15, 0.2) is 11.6 Å². The second-order valence-electron chi connectivity index (χ2n) is 5.72. The first-order valence-corrected chi connectivity index (χ1v) is 7.80. The summed E-state index contributed by atoms with van der Waals surface area (Å²) in [7, 11) is 0. The van der Waals surface area contributed by atoms with Gasteiger partial charge in [-0.3, -0.25) is 14.6 Å². The minimum Gasteiger partial charge on any atom is -0.507 e. The van der Waals surface area contributed by atoms with Crippen molar-refractivity contribution in [2.75, 3.05) is 0 Å². The first-order valence-electron chi connectivity index (χ1n) is 7.80. The molecule has 0 amide bonds. The standard InChI is InChI=1S/C21H13NO3/c23-18-11-4-1-6-13(18)12-22-17-10-5-9-16-19(17)21(25)15-8-3-2-7-14(15)20(16)24/h1-12,23H. The summed E-state index contributed by atoms with van der Waals surface area (Å²) in [5.41, 5.74) is 2.42. The average Bonchev–Trinajstić information content (AvgIpc) is 2.65. The molecule has 25 heavy (non-hydrogen) atoms. The third-order valence-corrected chi connectivity index (χ3v) is 4.21. The van der Waals surface area contributed by atoms with Crippen molar-refractivity contribution < 1.29 is 14.7 Å². The van der Waals surface area contributed by atoms with Crippen molar-refractivity contribution in [2.24, 2.45) is 4.99 Å². The Hall–Kier alpha value is -3.53. The van der Waals surface area contributed by atoms with Gasteiger partial charge in [-0.25, -0.2) is 0 Å². The third-order valence-electron chi connectivity index (χ3n) is 4.21. The average molecular weight is 327 g/mol. The smallest absolute Gasteiger partial charge is 0.196 e. The summed E-state index contributed by atoms with van der Waals surface area (Å²) in [6, 6.07) is 18.6. The summed E-state index contributed by atoms with van der Waals surface area (Å²) in [4.78, 5) is 29.9. The number of nitrogens with zero attached hydrogens (tertiary/aromatic N) is 1. The summed E-state index contributed by atoms with van der Waals surface area (Å²) in [6.45, 7) is 0. The summed E-state index contributed by atoms with van der Waals surface area (Å²) in [5, 5.41) is 9.84. The number of carbonyl (C=O) groups is 2. The van der Waals surface area contributed by atoms with Crippen LogP contribution in [0.1, 0.15) is 37.4 Å². The highest BCUT2D eigenvalue weighted by Crippen LogP contribution is 2.33. The van der Waals surface area contributed by atoms with E-state index in [9.17, 15) is 14.7 Å². The van der Waals surface area contributed by atoms with Crippen molar-refractivity contribution in [3.05, 3.63) is 94.5 Å². The molecule has 0 aliphatic heterocycles. The van der Waals surface area contributed by atoms with Gasteiger partial charge in [-0.2, -0.15) is 0 Å². The van der Waals surface area contributed by atoms with E-state index in [0.29, 0.717) is 33.5 Å². The van der Waals surface area contributed by atoms with E-state index >= 15 is 0 Å². The Morgan fingerprint density at radius 1 is 0.720 bits per heavy atom. The van der Waals surface area contributed by atoms with Crippen LogP contribution >= 0.6 is 0 Å². The van der Waals surface area contributed by atoms with E-state index in [1.165, 1.54) is 6.21 Å². The number of rotatable bonds is 2. The number of ketones is 2. The highest BCUT2D eigenvalue weighted by molar-refractivity contribution is 6.30. The van der Waals surface area contributed by atoms with E-state index in [1.54, 1.807) is 66.7 Å². The maximum absolute atomic E-state index is 12.9. The largest absolute Gasteiger partial charge is 0.507 e. The van der Waals surface area contributed by atoms with Crippen LogP contribution in [0, 0.1) is 0 Å². The monoisotopic (exact) mass is 327 g/mol. The zero-order chi connectivity index (χ0) is 17.4. The Morgan fingerprint density at radius 2 is 1.36 bits per heavy atom. The Balaban J connectivity index is 1.84. The minimum atomic E-state index is -0.213. The summed E-state index contributed by atoms with van der Waals surface area (Å²) in [5.74, 6) is -0.288. The molecule has 0 bridgehead atoms. The van der Waals surface area contributed by atoms with E-state index in [2.05, 4.69) is 4.99 Å². The number of hydrogen-bond donors (Lipinski definition) is 1. The van der Waals surface area contributed by atoms with Crippen LogP contribution in [0.3, 0.4) is 0 Å². The van der Waals surface area contributed by atoms with Crippen molar-refractivity contribution in [3.8, 4) is 5.75 Å². The highest BCUT2D eigenvalue weighted by atomic mass is 16.3. The molecule has 0 radical (unpaired) electrons. The van der Waals surface area contributed by atoms with Crippen LogP contribution in [0.4, 0.5) is 5.69 Å². The van der Waals surface area contributed by atoms with Crippen LogP contribution in [0.25, 0.3) is 0 Å². The fourth-order valence-electron chi connectivity index (χ4n) is 2.97. The van der Waals surface area contributed by atoms with Gasteiger partial charge in [0, 0.05) is 28.5 Å². The Morgan fingerprint density at radius 3 is 2.12 bits per heavy atom. The highest BCUT2D eigenvalue weighted by Gasteiger charge is 2.31. The van der Waals surface area contributed by atoms with Crippen molar-refractivity contribution in [1.82, 2.24) is 0 Å². The Bertz CT molecular complexity index is 1050.